The summed E-state index contributed by atoms with van der Waals surface area (Å²) in [7, 11) is -4.64. The minimum absolute atomic E-state index is 0.161. The van der Waals surface area contributed by atoms with Crippen LogP contribution in [0.5, 0.6) is 0 Å². The molecule has 1 atom stereocenters. The summed E-state index contributed by atoms with van der Waals surface area (Å²) in [5.41, 5.74) is 2.66. The molecule has 0 bridgehead atoms. The molecule has 0 aromatic carbocycles. The lowest BCUT2D eigenvalue weighted by atomic mass is 9.71. The predicted molar refractivity (Wildman–Crippen MR) is 101 cm³/mol. The van der Waals surface area contributed by atoms with Gasteiger partial charge in [0.25, 0.3) is 0 Å². The molecule has 10 nitrogen and oxygen atoms in total. The van der Waals surface area contributed by atoms with Gasteiger partial charge in [-0.3, -0.25) is 4.68 Å². The lowest BCUT2D eigenvalue weighted by molar-refractivity contribution is 0.134. The number of H-pyrrole nitrogens is 1. The number of nitrogens with zero attached hydrogens (tertiary/aromatic N) is 5. The first-order valence-corrected chi connectivity index (χ1v) is 10.3. The zero-order chi connectivity index (χ0) is 20.3. The van der Waals surface area contributed by atoms with Gasteiger partial charge in [0.15, 0.2) is 0 Å². The molecule has 1 aliphatic carbocycles. The van der Waals surface area contributed by atoms with Gasteiger partial charge in [-0.1, -0.05) is 6.92 Å². The quantitative estimate of drug-likeness (QED) is 0.482. The molecule has 3 aromatic rings. The van der Waals surface area contributed by atoms with E-state index < -0.39 is 7.82 Å². The van der Waals surface area contributed by atoms with Crippen LogP contribution in [-0.2, 0) is 4.57 Å². The Kier molecular flexibility index (Phi) is 5.91. The van der Waals surface area contributed by atoms with Crippen LogP contribution in [-0.4, -0.2) is 39.4 Å². The molecule has 3 heterocycles. The summed E-state index contributed by atoms with van der Waals surface area (Å²) in [5, 5.41) is 14.7. The third-order valence-electron chi connectivity index (χ3n) is 4.82. The highest BCUT2D eigenvalue weighted by molar-refractivity contribution is 7.45. The van der Waals surface area contributed by atoms with Gasteiger partial charge in [-0.25, -0.2) is 14.5 Å². The number of hydrogen-bond acceptors (Lipinski definition) is 5. The second-order valence-electron chi connectivity index (χ2n) is 6.95. The molecule has 1 aliphatic rings. The highest BCUT2D eigenvalue weighted by Crippen LogP contribution is 2.42. The summed E-state index contributed by atoms with van der Waals surface area (Å²) in [6.45, 7) is 2.26. The van der Waals surface area contributed by atoms with Crippen molar-refractivity contribution < 1.29 is 19.2 Å². The third-order valence-corrected chi connectivity index (χ3v) is 4.82. The Labute approximate surface area is 161 Å². The van der Waals surface area contributed by atoms with Crippen LogP contribution in [0, 0.1) is 23.2 Å². The molecule has 0 aliphatic heterocycles. The predicted octanol–water partition coefficient (Wildman–Crippen LogP) is 2.39. The van der Waals surface area contributed by atoms with Crippen molar-refractivity contribution in [3.05, 3.63) is 31.0 Å². The fourth-order valence-corrected chi connectivity index (χ4v) is 3.59. The van der Waals surface area contributed by atoms with E-state index in [2.05, 4.69) is 33.0 Å². The first-order valence-electron chi connectivity index (χ1n) is 8.74. The van der Waals surface area contributed by atoms with Crippen LogP contribution in [0.3, 0.4) is 0 Å². The van der Waals surface area contributed by atoms with E-state index in [0.717, 1.165) is 28.2 Å². The van der Waals surface area contributed by atoms with Crippen LogP contribution in [0.15, 0.2) is 31.0 Å². The highest BCUT2D eigenvalue weighted by atomic mass is 31.2. The minimum Gasteiger partial charge on any atom is -0.346 e. The minimum atomic E-state index is -4.64. The fourth-order valence-electron chi connectivity index (χ4n) is 3.59. The van der Waals surface area contributed by atoms with Crippen molar-refractivity contribution >= 4 is 18.9 Å². The van der Waals surface area contributed by atoms with E-state index in [1.165, 1.54) is 12.8 Å². The maximum atomic E-state index is 9.15. The van der Waals surface area contributed by atoms with Gasteiger partial charge in [-0.15, -0.1) is 0 Å². The zero-order valence-electron chi connectivity index (χ0n) is 15.2. The number of rotatable bonds is 4. The smallest absolute Gasteiger partial charge is 0.346 e. The van der Waals surface area contributed by atoms with Crippen molar-refractivity contribution in [1.29, 1.82) is 5.26 Å². The van der Waals surface area contributed by atoms with Crippen molar-refractivity contribution in [3.63, 3.8) is 0 Å². The number of aromatic nitrogens is 5. The van der Waals surface area contributed by atoms with Crippen molar-refractivity contribution in [2.45, 2.75) is 32.2 Å². The zero-order valence-corrected chi connectivity index (χ0v) is 16.1. The normalized spacial score (nSPS) is 20.0. The Hall–Kier alpha value is -2.57. The highest BCUT2D eigenvalue weighted by Gasteiger charge is 2.34. The standard InChI is InChI=1S/C17H18N6.H3O4P/c1-11-6-12(7-11)15(2-4-18)23-9-13(8-22-23)16-14-3-5-19-17(14)21-10-20-16;1-5(2,3)4/h3,5,8-12,15H,2,6-7H2,1H3,(H,19,20,21);(H3,1,2,3,4)/t11?,12?,15-;/m0./s1. The number of fused-ring (bicyclic) bond motifs is 1. The van der Waals surface area contributed by atoms with Gasteiger partial charge in [0.1, 0.15) is 12.0 Å². The van der Waals surface area contributed by atoms with Gasteiger partial charge < -0.3 is 19.7 Å². The van der Waals surface area contributed by atoms with Gasteiger partial charge >= 0.3 is 7.82 Å². The number of phosphoric acid groups is 1. The molecule has 3 aromatic heterocycles. The van der Waals surface area contributed by atoms with Gasteiger partial charge in [0, 0.05) is 23.3 Å². The van der Waals surface area contributed by atoms with E-state index in [-0.39, 0.29) is 6.04 Å². The van der Waals surface area contributed by atoms with E-state index in [9.17, 15) is 0 Å². The number of aromatic amines is 1. The lowest BCUT2D eigenvalue weighted by Gasteiger charge is -2.37. The summed E-state index contributed by atoms with van der Waals surface area (Å²) in [4.78, 5) is 33.3. The van der Waals surface area contributed by atoms with E-state index in [4.69, 9.17) is 24.5 Å². The molecule has 11 heteroatoms. The Morgan fingerprint density at radius 1 is 1.39 bits per heavy atom. The van der Waals surface area contributed by atoms with Crippen LogP contribution in [0.2, 0.25) is 0 Å². The molecule has 0 radical (unpaired) electrons. The molecule has 148 valence electrons. The Morgan fingerprint density at radius 3 is 2.75 bits per heavy atom. The molecule has 1 saturated carbocycles. The van der Waals surface area contributed by atoms with E-state index in [0.29, 0.717) is 12.3 Å². The first-order chi connectivity index (χ1) is 13.3. The molecule has 4 N–H and O–H groups in total. The molecule has 28 heavy (non-hydrogen) atoms. The Bertz CT molecular complexity index is 1020. The molecular formula is C17H21N6O4P. The monoisotopic (exact) mass is 404 g/mol. The van der Waals surface area contributed by atoms with Crippen LogP contribution < -0.4 is 0 Å². The molecule has 1 fully saturated rings. The molecular weight excluding hydrogens is 383 g/mol. The maximum absolute atomic E-state index is 9.15. The number of nitrogens with one attached hydrogen (secondary N) is 1. The summed E-state index contributed by atoms with van der Waals surface area (Å²) in [5.74, 6) is 1.31. The second-order valence-corrected chi connectivity index (χ2v) is 7.98. The van der Waals surface area contributed by atoms with Gasteiger partial charge in [0.05, 0.1) is 30.4 Å². The average molecular weight is 404 g/mol. The summed E-state index contributed by atoms with van der Waals surface area (Å²) < 4.78 is 10.8. The molecule has 0 saturated heterocycles. The number of nitriles is 1. The van der Waals surface area contributed by atoms with Crippen molar-refractivity contribution in [3.8, 4) is 17.3 Å². The largest absolute Gasteiger partial charge is 0.466 e. The molecule has 0 amide bonds. The van der Waals surface area contributed by atoms with Crippen molar-refractivity contribution in [2.24, 2.45) is 11.8 Å². The third kappa shape index (κ3) is 4.82. The average Bonchev–Trinajstić information content (AvgIpc) is 3.24. The van der Waals surface area contributed by atoms with Gasteiger partial charge in [-0.2, -0.15) is 10.4 Å². The summed E-state index contributed by atoms with van der Waals surface area (Å²) in [6, 6.07) is 4.45. The molecule has 0 spiro atoms. The van der Waals surface area contributed by atoms with E-state index in [1.807, 2.05) is 29.3 Å². The SMILES string of the molecule is CC1CC([C@H](CC#N)n2cc(-c3ncnc4[nH]ccc34)cn2)C1.O=P(O)(O)O. The van der Waals surface area contributed by atoms with E-state index in [1.54, 1.807) is 6.33 Å². The van der Waals surface area contributed by atoms with Crippen LogP contribution in [0.25, 0.3) is 22.3 Å². The van der Waals surface area contributed by atoms with Crippen LogP contribution in [0.4, 0.5) is 0 Å². The number of hydrogen-bond donors (Lipinski definition) is 4. The summed E-state index contributed by atoms with van der Waals surface area (Å²) in [6.07, 6.45) is 10.1. The van der Waals surface area contributed by atoms with Gasteiger partial charge in [0.2, 0.25) is 0 Å². The Morgan fingerprint density at radius 2 is 2.11 bits per heavy atom. The lowest BCUT2D eigenvalue weighted by Crippen LogP contribution is -2.30. The first kappa shape index (κ1) is 20.2. The van der Waals surface area contributed by atoms with E-state index >= 15 is 0 Å². The summed E-state index contributed by atoms with van der Waals surface area (Å²) >= 11 is 0. The fraction of sp³-hybridized carbons (Fsp3) is 0.412. The van der Waals surface area contributed by atoms with Crippen molar-refractivity contribution in [2.75, 3.05) is 0 Å². The van der Waals surface area contributed by atoms with Crippen LogP contribution >= 0.6 is 7.82 Å². The molecule has 4 rings (SSSR count). The second kappa shape index (κ2) is 8.20. The topological polar surface area (TPSA) is 161 Å². The Balaban J connectivity index is 0.000000403. The maximum Gasteiger partial charge on any atom is 0.466 e. The van der Waals surface area contributed by atoms with Crippen LogP contribution in [0.1, 0.15) is 32.2 Å². The van der Waals surface area contributed by atoms with Crippen molar-refractivity contribution in [1.82, 2.24) is 24.7 Å². The van der Waals surface area contributed by atoms with Gasteiger partial charge in [-0.05, 0) is 30.7 Å². The molecule has 0 unspecified atom stereocenters.